The molecule has 0 amide bonds. The van der Waals surface area contributed by atoms with Crippen LogP contribution in [0.2, 0.25) is 0 Å². The van der Waals surface area contributed by atoms with E-state index in [4.69, 9.17) is 0 Å². The van der Waals surface area contributed by atoms with E-state index < -0.39 is 6.17 Å². The third kappa shape index (κ3) is 4.77. The molecule has 0 rings (SSSR count). The van der Waals surface area contributed by atoms with E-state index in [0.717, 1.165) is 18.4 Å². The molecule has 0 spiro atoms. The third-order valence-corrected chi connectivity index (χ3v) is 1.64. The number of halogens is 1. The molecular formula is C10H17F. The maximum Gasteiger partial charge on any atom is 0.121 e. The summed E-state index contributed by atoms with van der Waals surface area (Å²) in [5.74, 6) is 0. The Morgan fingerprint density at radius 3 is 2.73 bits per heavy atom. The lowest BCUT2D eigenvalue weighted by molar-refractivity contribution is 0.362. The average molecular weight is 156 g/mol. The minimum atomic E-state index is -0.770. The van der Waals surface area contributed by atoms with Crippen molar-refractivity contribution in [3.63, 3.8) is 0 Å². The lowest BCUT2D eigenvalue weighted by Gasteiger charge is -2.05. The third-order valence-electron chi connectivity index (χ3n) is 1.64. The van der Waals surface area contributed by atoms with Gasteiger partial charge < -0.3 is 0 Å². The molecule has 0 aliphatic heterocycles. The first-order valence-electron chi connectivity index (χ1n) is 4.14. The van der Waals surface area contributed by atoms with Gasteiger partial charge in [-0.15, -0.1) is 6.58 Å². The summed E-state index contributed by atoms with van der Waals surface area (Å²) in [5.41, 5.74) is 0.856. The van der Waals surface area contributed by atoms with Crippen molar-refractivity contribution in [2.45, 2.75) is 39.3 Å². The fraction of sp³-hybridized carbons (Fsp3) is 0.600. The van der Waals surface area contributed by atoms with Crippen LogP contribution in [-0.4, -0.2) is 6.17 Å². The molecule has 0 aliphatic rings. The summed E-state index contributed by atoms with van der Waals surface area (Å²) in [5, 5.41) is 0. The second-order valence-corrected chi connectivity index (χ2v) is 2.69. The van der Waals surface area contributed by atoms with E-state index in [1.54, 1.807) is 6.08 Å². The average Bonchev–Trinajstić information content (AvgIpc) is 2.00. The highest BCUT2D eigenvalue weighted by Crippen LogP contribution is 2.12. The smallest absolute Gasteiger partial charge is 0.121 e. The van der Waals surface area contributed by atoms with Crippen LogP contribution in [0.15, 0.2) is 24.3 Å². The van der Waals surface area contributed by atoms with E-state index in [1.807, 2.05) is 19.9 Å². The normalized spacial score (nSPS) is 14.6. The van der Waals surface area contributed by atoms with Crippen molar-refractivity contribution >= 4 is 0 Å². The van der Waals surface area contributed by atoms with Crippen LogP contribution in [0.3, 0.4) is 0 Å². The Morgan fingerprint density at radius 1 is 1.64 bits per heavy atom. The Bertz CT molecular complexity index is 136. The fourth-order valence-corrected chi connectivity index (χ4v) is 0.942. The van der Waals surface area contributed by atoms with Gasteiger partial charge in [-0.25, -0.2) is 4.39 Å². The molecule has 0 radical (unpaired) electrons. The Labute approximate surface area is 68.8 Å². The van der Waals surface area contributed by atoms with Gasteiger partial charge in [0.25, 0.3) is 0 Å². The highest BCUT2D eigenvalue weighted by molar-refractivity contribution is 5.04. The summed E-state index contributed by atoms with van der Waals surface area (Å²) < 4.78 is 13.1. The van der Waals surface area contributed by atoms with Crippen molar-refractivity contribution in [1.82, 2.24) is 0 Å². The number of rotatable bonds is 5. The van der Waals surface area contributed by atoms with Gasteiger partial charge in [0.15, 0.2) is 0 Å². The van der Waals surface area contributed by atoms with Crippen LogP contribution in [0.25, 0.3) is 0 Å². The van der Waals surface area contributed by atoms with Gasteiger partial charge in [-0.1, -0.05) is 19.1 Å². The molecule has 0 fully saturated rings. The largest absolute Gasteiger partial charge is 0.243 e. The SMILES string of the molecule is C=CCCC(F)/C(C)=C\CC. The van der Waals surface area contributed by atoms with Crippen molar-refractivity contribution in [2.75, 3.05) is 0 Å². The van der Waals surface area contributed by atoms with Crippen molar-refractivity contribution in [1.29, 1.82) is 0 Å². The minimum absolute atomic E-state index is 0.575. The number of alkyl halides is 1. The van der Waals surface area contributed by atoms with Gasteiger partial charge in [0.05, 0.1) is 0 Å². The van der Waals surface area contributed by atoms with Gasteiger partial charge in [0.1, 0.15) is 6.17 Å². The first kappa shape index (κ1) is 10.4. The highest BCUT2D eigenvalue weighted by atomic mass is 19.1. The summed E-state index contributed by atoms with van der Waals surface area (Å²) in [6.07, 6.45) is 5.18. The summed E-state index contributed by atoms with van der Waals surface area (Å²) in [4.78, 5) is 0. The minimum Gasteiger partial charge on any atom is -0.243 e. The molecule has 11 heavy (non-hydrogen) atoms. The van der Waals surface area contributed by atoms with Gasteiger partial charge in [-0.3, -0.25) is 0 Å². The molecule has 1 atom stereocenters. The topological polar surface area (TPSA) is 0 Å². The van der Waals surface area contributed by atoms with Crippen molar-refractivity contribution in [3.05, 3.63) is 24.3 Å². The molecule has 0 N–H and O–H groups in total. The van der Waals surface area contributed by atoms with E-state index in [-0.39, 0.29) is 0 Å². The molecule has 0 nitrogen and oxygen atoms in total. The summed E-state index contributed by atoms with van der Waals surface area (Å²) in [6, 6.07) is 0. The van der Waals surface area contributed by atoms with Crippen LogP contribution in [0.4, 0.5) is 4.39 Å². The van der Waals surface area contributed by atoms with Crippen LogP contribution in [0.5, 0.6) is 0 Å². The van der Waals surface area contributed by atoms with Gasteiger partial charge in [0.2, 0.25) is 0 Å². The zero-order chi connectivity index (χ0) is 8.69. The van der Waals surface area contributed by atoms with Gasteiger partial charge in [0, 0.05) is 0 Å². The molecule has 0 heterocycles. The van der Waals surface area contributed by atoms with Crippen LogP contribution >= 0.6 is 0 Å². The lowest BCUT2D eigenvalue weighted by Crippen LogP contribution is -2.00. The maximum atomic E-state index is 13.1. The van der Waals surface area contributed by atoms with Crippen molar-refractivity contribution in [3.8, 4) is 0 Å². The lowest BCUT2D eigenvalue weighted by atomic mass is 10.1. The Hall–Kier alpha value is -0.590. The second kappa shape index (κ2) is 6.14. The quantitative estimate of drug-likeness (QED) is 0.533. The number of hydrogen-bond acceptors (Lipinski definition) is 0. The summed E-state index contributed by atoms with van der Waals surface area (Å²) >= 11 is 0. The molecule has 1 unspecified atom stereocenters. The summed E-state index contributed by atoms with van der Waals surface area (Å²) in [6.45, 7) is 7.41. The van der Waals surface area contributed by atoms with Gasteiger partial charge >= 0.3 is 0 Å². The molecule has 1 heteroatoms. The van der Waals surface area contributed by atoms with E-state index in [2.05, 4.69) is 6.58 Å². The molecule has 0 saturated carbocycles. The molecule has 0 aromatic heterocycles. The maximum absolute atomic E-state index is 13.1. The van der Waals surface area contributed by atoms with E-state index >= 15 is 0 Å². The second-order valence-electron chi connectivity index (χ2n) is 2.69. The predicted molar refractivity (Wildman–Crippen MR) is 48.4 cm³/mol. The molecule has 0 aromatic rings. The molecule has 0 bridgehead atoms. The predicted octanol–water partition coefficient (Wildman–Crippen LogP) is 3.65. The summed E-state index contributed by atoms with van der Waals surface area (Å²) in [7, 11) is 0. The highest BCUT2D eigenvalue weighted by Gasteiger charge is 2.05. The monoisotopic (exact) mass is 156 g/mol. The molecule has 0 saturated heterocycles. The number of hydrogen-bond donors (Lipinski definition) is 0. The van der Waals surface area contributed by atoms with Crippen molar-refractivity contribution < 1.29 is 4.39 Å². The molecular weight excluding hydrogens is 139 g/mol. The molecule has 0 aromatic carbocycles. The van der Waals surface area contributed by atoms with Crippen LogP contribution < -0.4 is 0 Å². The molecule has 0 aliphatic carbocycles. The Kier molecular flexibility index (Phi) is 5.81. The first-order valence-corrected chi connectivity index (χ1v) is 4.14. The van der Waals surface area contributed by atoms with Crippen molar-refractivity contribution in [2.24, 2.45) is 0 Å². The first-order chi connectivity index (χ1) is 5.22. The van der Waals surface area contributed by atoms with Gasteiger partial charge in [-0.2, -0.15) is 0 Å². The van der Waals surface area contributed by atoms with Crippen LogP contribution in [-0.2, 0) is 0 Å². The Balaban J connectivity index is 3.71. The number of allylic oxidation sites excluding steroid dienone is 3. The zero-order valence-corrected chi connectivity index (χ0v) is 7.44. The fourth-order valence-electron chi connectivity index (χ4n) is 0.942. The standard InChI is InChI=1S/C10H17F/c1-4-6-8-10(11)9(3)7-5-2/h4,7,10H,1,5-6,8H2,2-3H3/b9-7-. The Morgan fingerprint density at radius 2 is 2.27 bits per heavy atom. The van der Waals surface area contributed by atoms with E-state index in [1.165, 1.54) is 0 Å². The molecule has 64 valence electrons. The van der Waals surface area contributed by atoms with Gasteiger partial charge in [-0.05, 0) is 31.8 Å². The van der Waals surface area contributed by atoms with E-state index in [9.17, 15) is 4.39 Å². The van der Waals surface area contributed by atoms with E-state index in [0.29, 0.717) is 6.42 Å². The van der Waals surface area contributed by atoms with Crippen LogP contribution in [0.1, 0.15) is 33.1 Å². The van der Waals surface area contributed by atoms with Crippen LogP contribution in [0, 0.1) is 0 Å². The zero-order valence-electron chi connectivity index (χ0n) is 7.44.